The summed E-state index contributed by atoms with van der Waals surface area (Å²) in [6, 6.07) is 10.7. The predicted octanol–water partition coefficient (Wildman–Crippen LogP) is 4.65. The van der Waals surface area contributed by atoms with Crippen LogP contribution in [0.25, 0.3) is 22.2 Å². The number of nitrogens with one attached hydrogen (secondary N) is 1. The summed E-state index contributed by atoms with van der Waals surface area (Å²) >= 11 is 1.94. The van der Waals surface area contributed by atoms with Crippen LogP contribution >= 0.6 is 22.6 Å². The lowest BCUT2D eigenvalue weighted by Crippen LogP contribution is -2.30. The average Bonchev–Trinajstić information content (AvgIpc) is 3.83. The molecule has 0 radical (unpaired) electrons. The smallest absolute Gasteiger partial charge is 0.289 e. The van der Waals surface area contributed by atoms with Crippen molar-refractivity contribution < 1.29 is 17.2 Å². The third kappa shape index (κ3) is 4.48. The first-order chi connectivity index (χ1) is 19.0. The summed E-state index contributed by atoms with van der Waals surface area (Å²) in [5.41, 5.74) is -1.12. The van der Waals surface area contributed by atoms with E-state index in [1.54, 1.807) is 30.3 Å². The van der Waals surface area contributed by atoms with Gasteiger partial charge in [-0.25, -0.2) is 17.5 Å². The Morgan fingerprint density at radius 1 is 1.05 bits per heavy atom. The molecule has 0 bridgehead atoms. The number of anilines is 3. The van der Waals surface area contributed by atoms with Crippen LogP contribution in [0.1, 0.15) is 31.7 Å². The highest BCUT2D eigenvalue weighted by atomic mass is 127. The Morgan fingerprint density at radius 3 is 2.42 bits per heavy atom. The molecule has 0 amide bonds. The first kappa shape index (κ1) is 26.9. The van der Waals surface area contributed by atoms with Crippen molar-refractivity contribution in [2.45, 2.75) is 37.0 Å². The van der Waals surface area contributed by atoms with Gasteiger partial charge in [0.25, 0.3) is 11.1 Å². The van der Waals surface area contributed by atoms with Gasteiger partial charge in [0.1, 0.15) is 11.5 Å². The normalized spacial score (nSPS) is 15.4. The van der Waals surface area contributed by atoms with E-state index in [4.69, 9.17) is 0 Å². The molecule has 0 atom stereocenters. The van der Waals surface area contributed by atoms with Crippen molar-refractivity contribution in [2.75, 3.05) is 16.7 Å². The summed E-state index contributed by atoms with van der Waals surface area (Å²) in [4.78, 5) is 26.8. The number of nitrogens with zero attached hydrogens (tertiary/aromatic N) is 4. The zero-order chi connectivity index (χ0) is 28.5. The van der Waals surface area contributed by atoms with Crippen molar-refractivity contribution in [3.63, 3.8) is 0 Å². The molecular weight excluding hydrogens is 655 g/mol. The molecule has 2 saturated carbocycles. The van der Waals surface area contributed by atoms with E-state index >= 15 is 4.39 Å². The largest absolute Gasteiger partial charge is 0.350 e. The molecule has 9 nitrogen and oxygen atoms in total. The molecule has 2 aromatic heterocycles. The summed E-state index contributed by atoms with van der Waals surface area (Å²) in [6.07, 6.45) is 2.61. The van der Waals surface area contributed by atoms with E-state index in [0.29, 0.717) is 40.5 Å². The zero-order valence-corrected chi connectivity index (χ0v) is 24.5. The molecular formula is C27H24F2IN5O4S. The molecule has 208 valence electrons. The number of benzene rings is 2. The fourth-order valence-electron chi connectivity index (χ4n) is 4.74. The van der Waals surface area contributed by atoms with E-state index in [2.05, 4.69) is 10.4 Å². The molecule has 1 N–H and O–H groups in total. The van der Waals surface area contributed by atoms with E-state index in [9.17, 15) is 22.4 Å². The Kier molecular flexibility index (Phi) is 6.48. The Morgan fingerprint density at radius 2 is 1.77 bits per heavy atom. The minimum absolute atomic E-state index is 0.0478. The number of aromatic nitrogens is 3. The first-order valence-corrected chi connectivity index (χ1v) is 15.2. The summed E-state index contributed by atoms with van der Waals surface area (Å²) in [5.74, 6) is -1.90. The van der Waals surface area contributed by atoms with Gasteiger partial charge >= 0.3 is 0 Å². The topological polar surface area (TPSA) is 106 Å². The maximum absolute atomic E-state index is 15.6. The molecule has 2 aliphatic rings. The van der Waals surface area contributed by atoms with Gasteiger partial charge in [-0.3, -0.25) is 13.9 Å². The van der Waals surface area contributed by atoms with Gasteiger partial charge in [0, 0.05) is 23.2 Å². The Balaban J connectivity index is 1.62. The van der Waals surface area contributed by atoms with Crippen molar-refractivity contribution >= 4 is 60.6 Å². The van der Waals surface area contributed by atoms with Crippen molar-refractivity contribution in [3.8, 4) is 11.3 Å². The molecule has 40 heavy (non-hydrogen) atoms. The number of hydrogen-bond acceptors (Lipinski definition) is 6. The minimum atomic E-state index is -3.54. The SMILES string of the molecule is CN(c1cccc(-c2nn(C3CC3)c(=O)c3c(Nc4ccc(I)cc4F)c(F)c(=O)n(C)c23)c1)S(=O)(=O)C1CC1. The maximum Gasteiger partial charge on any atom is 0.289 e. The van der Waals surface area contributed by atoms with Gasteiger partial charge in [-0.2, -0.15) is 9.49 Å². The van der Waals surface area contributed by atoms with Gasteiger partial charge in [0.15, 0.2) is 0 Å². The van der Waals surface area contributed by atoms with Crippen LogP contribution in [-0.2, 0) is 17.1 Å². The van der Waals surface area contributed by atoms with Gasteiger partial charge < -0.3 is 9.88 Å². The van der Waals surface area contributed by atoms with Gasteiger partial charge in [0.2, 0.25) is 15.8 Å². The second kappa shape index (κ2) is 9.65. The summed E-state index contributed by atoms with van der Waals surface area (Å²) in [5, 5.41) is 6.69. The van der Waals surface area contributed by atoms with Crippen LogP contribution in [0.4, 0.5) is 25.8 Å². The standard InChI is InChI=1S/C27H24F2IN5O4S/c1-33-25-21(24(22(29)27(33)37)31-20-11-6-15(30)13-19(20)28)26(36)35(16-7-8-16)32-23(25)14-4-3-5-17(12-14)34(2)40(38,39)18-9-10-18/h3-6,11-13,16,18,31H,7-10H2,1-2H3. The van der Waals surface area contributed by atoms with Gasteiger partial charge in [-0.05, 0) is 78.6 Å². The number of hydrogen-bond donors (Lipinski definition) is 1. The summed E-state index contributed by atoms with van der Waals surface area (Å²) in [7, 11) is -0.727. The minimum Gasteiger partial charge on any atom is -0.350 e. The van der Waals surface area contributed by atoms with Crippen molar-refractivity contribution in [1.82, 2.24) is 14.3 Å². The molecule has 0 spiro atoms. The Hall–Kier alpha value is -3.33. The Labute approximate surface area is 241 Å². The summed E-state index contributed by atoms with van der Waals surface area (Å²) in [6.45, 7) is 0. The van der Waals surface area contributed by atoms with Gasteiger partial charge in [-0.15, -0.1) is 0 Å². The quantitative estimate of drug-likeness (QED) is 0.285. The highest BCUT2D eigenvalue weighted by molar-refractivity contribution is 14.1. The molecule has 2 heterocycles. The molecule has 0 aliphatic heterocycles. The molecule has 0 saturated heterocycles. The van der Waals surface area contributed by atoms with Gasteiger partial charge in [-0.1, -0.05) is 12.1 Å². The molecule has 2 fully saturated rings. The Bertz CT molecular complexity index is 1930. The average molecular weight is 679 g/mol. The van der Waals surface area contributed by atoms with E-state index < -0.39 is 43.7 Å². The fourth-order valence-corrected chi connectivity index (χ4v) is 6.78. The molecule has 0 unspecified atom stereocenters. The van der Waals surface area contributed by atoms with Crippen molar-refractivity contribution in [1.29, 1.82) is 0 Å². The zero-order valence-electron chi connectivity index (χ0n) is 21.5. The van der Waals surface area contributed by atoms with Crippen molar-refractivity contribution in [3.05, 3.63) is 78.4 Å². The van der Waals surface area contributed by atoms with Crippen LogP contribution in [0.15, 0.2) is 52.1 Å². The highest BCUT2D eigenvalue weighted by Gasteiger charge is 2.39. The lowest BCUT2D eigenvalue weighted by molar-refractivity contribution is 0.590. The third-order valence-electron chi connectivity index (χ3n) is 7.28. The highest BCUT2D eigenvalue weighted by Crippen LogP contribution is 2.38. The first-order valence-electron chi connectivity index (χ1n) is 12.6. The fraction of sp³-hybridized carbons (Fsp3) is 0.296. The number of halogens is 3. The van der Waals surface area contributed by atoms with Crippen LogP contribution in [-0.4, -0.2) is 35.1 Å². The third-order valence-corrected chi connectivity index (χ3v) is 10.2. The lowest BCUT2D eigenvalue weighted by Gasteiger charge is -2.21. The molecule has 13 heteroatoms. The van der Waals surface area contributed by atoms with Crippen LogP contribution < -0.4 is 20.7 Å². The molecule has 2 aliphatic carbocycles. The monoisotopic (exact) mass is 679 g/mol. The van der Waals surface area contributed by atoms with Crippen LogP contribution in [0.2, 0.25) is 0 Å². The number of fused-ring (bicyclic) bond motifs is 1. The number of rotatable bonds is 7. The van der Waals surface area contributed by atoms with Crippen LogP contribution in [0.5, 0.6) is 0 Å². The number of pyridine rings is 1. The van der Waals surface area contributed by atoms with E-state index in [0.717, 1.165) is 4.57 Å². The van der Waals surface area contributed by atoms with Gasteiger partial charge in [0.05, 0.1) is 39.3 Å². The van der Waals surface area contributed by atoms with E-state index in [1.165, 1.54) is 35.2 Å². The van der Waals surface area contributed by atoms with E-state index in [1.807, 2.05) is 22.6 Å². The van der Waals surface area contributed by atoms with Crippen LogP contribution in [0, 0.1) is 15.2 Å². The number of aryl methyl sites for hydroxylation is 1. The number of sulfonamides is 1. The second-order valence-corrected chi connectivity index (χ2v) is 13.6. The molecule has 4 aromatic rings. The second-order valence-electron chi connectivity index (χ2n) is 10.1. The molecule has 6 rings (SSSR count). The lowest BCUT2D eigenvalue weighted by atomic mass is 10.1. The van der Waals surface area contributed by atoms with E-state index in [-0.39, 0.29) is 28.3 Å². The summed E-state index contributed by atoms with van der Waals surface area (Å²) < 4.78 is 60.2. The molecule has 2 aromatic carbocycles. The van der Waals surface area contributed by atoms with Crippen molar-refractivity contribution in [2.24, 2.45) is 7.05 Å². The maximum atomic E-state index is 15.6. The van der Waals surface area contributed by atoms with Crippen LogP contribution in [0.3, 0.4) is 0 Å². The predicted molar refractivity (Wildman–Crippen MR) is 158 cm³/mol.